The number of amides is 3. The minimum atomic E-state index is -1.04. The SMILES string of the molecule is CC(=O)N1CCN(C(=O)C(=O)Nc2cc(F)ccc2F)CC1. The molecule has 3 amide bonds. The number of hydrogen-bond acceptors (Lipinski definition) is 3. The number of benzene rings is 1. The van der Waals surface area contributed by atoms with Crippen molar-refractivity contribution < 1.29 is 23.2 Å². The van der Waals surface area contributed by atoms with Gasteiger partial charge in [0, 0.05) is 39.2 Å². The van der Waals surface area contributed by atoms with Crippen molar-refractivity contribution in [3.05, 3.63) is 29.8 Å². The molecule has 6 nitrogen and oxygen atoms in total. The molecule has 0 bridgehead atoms. The number of piperazine rings is 1. The summed E-state index contributed by atoms with van der Waals surface area (Å²) in [6.45, 7) is 2.54. The van der Waals surface area contributed by atoms with Crippen LogP contribution in [0.3, 0.4) is 0 Å². The van der Waals surface area contributed by atoms with Crippen LogP contribution in [0.4, 0.5) is 14.5 Å². The lowest BCUT2D eigenvalue weighted by Crippen LogP contribution is -2.52. The molecule has 8 heteroatoms. The van der Waals surface area contributed by atoms with Gasteiger partial charge < -0.3 is 15.1 Å². The highest BCUT2D eigenvalue weighted by atomic mass is 19.1. The largest absolute Gasteiger partial charge is 0.339 e. The first-order chi connectivity index (χ1) is 10.4. The third-order valence-electron chi connectivity index (χ3n) is 3.38. The van der Waals surface area contributed by atoms with Gasteiger partial charge >= 0.3 is 11.8 Å². The number of nitrogens with one attached hydrogen (secondary N) is 1. The van der Waals surface area contributed by atoms with Gasteiger partial charge in [-0.3, -0.25) is 14.4 Å². The fourth-order valence-corrected chi connectivity index (χ4v) is 2.14. The Morgan fingerprint density at radius 2 is 1.64 bits per heavy atom. The average molecular weight is 311 g/mol. The van der Waals surface area contributed by atoms with Gasteiger partial charge in [-0.1, -0.05) is 0 Å². The monoisotopic (exact) mass is 311 g/mol. The van der Waals surface area contributed by atoms with Crippen molar-refractivity contribution in [2.45, 2.75) is 6.92 Å². The van der Waals surface area contributed by atoms with E-state index in [1.165, 1.54) is 11.8 Å². The highest BCUT2D eigenvalue weighted by Gasteiger charge is 2.27. The van der Waals surface area contributed by atoms with Crippen molar-refractivity contribution in [2.24, 2.45) is 0 Å². The molecule has 0 atom stereocenters. The molecule has 2 rings (SSSR count). The number of nitrogens with zero attached hydrogens (tertiary/aromatic N) is 2. The highest BCUT2D eigenvalue weighted by Crippen LogP contribution is 2.15. The van der Waals surface area contributed by atoms with Crippen LogP contribution in [0.5, 0.6) is 0 Å². The number of halogens is 2. The van der Waals surface area contributed by atoms with Crippen LogP contribution >= 0.6 is 0 Å². The van der Waals surface area contributed by atoms with Crippen LogP contribution < -0.4 is 5.32 Å². The second-order valence-electron chi connectivity index (χ2n) is 4.88. The van der Waals surface area contributed by atoms with E-state index in [9.17, 15) is 23.2 Å². The molecule has 22 heavy (non-hydrogen) atoms. The number of carbonyl (C=O) groups excluding carboxylic acids is 3. The molecule has 1 aromatic rings. The smallest absolute Gasteiger partial charge is 0.313 e. The van der Waals surface area contributed by atoms with Crippen molar-refractivity contribution >= 4 is 23.4 Å². The molecular formula is C14H15F2N3O3. The summed E-state index contributed by atoms with van der Waals surface area (Å²) in [4.78, 5) is 37.8. The lowest BCUT2D eigenvalue weighted by Gasteiger charge is -2.33. The third-order valence-corrected chi connectivity index (χ3v) is 3.38. The summed E-state index contributed by atoms with van der Waals surface area (Å²) in [5.74, 6) is -3.53. The van der Waals surface area contributed by atoms with E-state index in [1.54, 1.807) is 4.90 Å². The van der Waals surface area contributed by atoms with E-state index in [4.69, 9.17) is 0 Å². The lowest BCUT2D eigenvalue weighted by molar-refractivity contribution is -0.145. The molecule has 0 aromatic heterocycles. The van der Waals surface area contributed by atoms with Gasteiger partial charge in [0.05, 0.1) is 5.69 Å². The van der Waals surface area contributed by atoms with Crippen LogP contribution in [0, 0.1) is 11.6 Å². The number of rotatable bonds is 1. The predicted molar refractivity (Wildman–Crippen MR) is 73.8 cm³/mol. The molecule has 0 saturated carbocycles. The van der Waals surface area contributed by atoms with Gasteiger partial charge in [0.2, 0.25) is 5.91 Å². The molecular weight excluding hydrogens is 296 g/mol. The van der Waals surface area contributed by atoms with E-state index in [-0.39, 0.29) is 24.7 Å². The van der Waals surface area contributed by atoms with Crippen LogP contribution in [-0.4, -0.2) is 53.7 Å². The Labute approximate surface area is 125 Å². The minimum absolute atomic E-state index is 0.0987. The van der Waals surface area contributed by atoms with Gasteiger partial charge in [0.15, 0.2) is 0 Å². The highest BCUT2D eigenvalue weighted by molar-refractivity contribution is 6.39. The molecule has 118 valence electrons. The Morgan fingerprint density at radius 1 is 1.05 bits per heavy atom. The third kappa shape index (κ3) is 3.57. The van der Waals surface area contributed by atoms with Crippen LogP contribution in [0.15, 0.2) is 18.2 Å². The Kier molecular flexibility index (Phi) is 4.69. The van der Waals surface area contributed by atoms with Gasteiger partial charge in [-0.25, -0.2) is 8.78 Å². The molecule has 0 aliphatic carbocycles. The maximum absolute atomic E-state index is 13.4. The van der Waals surface area contributed by atoms with Crippen LogP contribution in [0.2, 0.25) is 0 Å². The van der Waals surface area contributed by atoms with Gasteiger partial charge in [-0.15, -0.1) is 0 Å². The van der Waals surface area contributed by atoms with Gasteiger partial charge in [0.1, 0.15) is 11.6 Å². The zero-order valence-corrected chi connectivity index (χ0v) is 11.9. The van der Waals surface area contributed by atoms with E-state index in [2.05, 4.69) is 5.32 Å². The summed E-state index contributed by atoms with van der Waals surface area (Å²) in [5.41, 5.74) is -0.388. The molecule has 1 saturated heterocycles. The first-order valence-corrected chi connectivity index (χ1v) is 6.69. The van der Waals surface area contributed by atoms with E-state index in [0.29, 0.717) is 13.1 Å². The summed E-state index contributed by atoms with van der Waals surface area (Å²) in [6, 6.07) is 2.57. The van der Waals surface area contributed by atoms with Crippen molar-refractivity contribution in [3.63, 3.8) is 0 Å². The maximum atomic E-state index is 13.4. The molecule has 1 aromatic carbocycles. The second-order valence-corrected chi connectivity index (χ2v) is 4.88. The molecule has 0 radical (unpaired) electrons. The number of anilines is 1. The Balaban J connectivity index is 1.97. The molecule has 1 fully saturated rings. The summed E-state index contributed by atoms with van der Waals surface area (Å²) in [7, 11) is 0. The number of carbonyl (C=O) groups is 3. The van der Waals surface area contributed by atoms with Crippen molar-refractivity contribution in [3.8, 4) is 0 Å². The van der Waals surface area contributed by atoms with E-state index in [1.807, 2.05) is 0 Å². The molecule has 1 heterocycles. The lowest BCUT2D eigenvalue weighted by atomic mass is 10.2. The quantitative estimate of drug-likeness (QED) is 0.772. The topological polar surface area (TPSA) is 69.7 Å². The first-order valence-electron chi connectivity index (χ1n) is 6.69. The zero-order chi connectivity index (χ0) is 16.3. The Hall–Kier alpha value is -2.51. The van der Waals surface area contributed by atoms with Crippen molar-refractivity contribution in [1.82, 2.24) is 9.80 Å². The molecule has 1 N–H and O–H groups in total. The van der Waals surface area contributed by atoms with E-state index >= 15 is 0 Å². The van der Waals surface area contributed by atoms with Gasteiger partial charge in [-0.2, -0.15) is 0 Å². The van der Waals surface area contributed by atoms with Gasteiger partial charge in [-0.05, 0) is 12.1 Å². The molecule has 1 aliphatic rings. The van der Waals surface area contributed by atoms with Crippen molar-refractivity contribution in [1.29, 1.82) is 0 Å². The average Bonchev–Trinajstić information content (AvgIpc) is 2.50. The van der Waals surface area contributed by atoms with Crippen LogP contribution in [0.25, 0.3) is 0 Å². The normalized spacial score (nSPS) is 14.7. The Bertz CT molecular complexity index is 613. The van der Waals surface area contributed by atoms with Crippen LogP contribution in [0.1, 0.15) is 6.92 Å². The fraction of sp³-hybridized carbons (Fsp3) is 0.357. The standard InChI is InChI=1S/C14H15F2N3O3/c1-9(20)18-4-6-19(7-5-18)14(22)13(21)17-12-8-10(15)2-3-11(12)16/h2-3,8H,4-7H2,1H3,(H,17,21). The van der Waals surface area contributed by atoms with Crippen LogP contribution in [-0.2, 0) is 14.4 Å². The van der Waals surface area contributed by atoms with E-state index in [0.717, 1.165) is 18.2 Å². The predicted octanol–water partition coefficient (Wildman–Crippen LogP) is 0.594. The first kappa shape index (κ1) is 15.9. The molecule has 1 aliphatic heterocycles. The molecule has 0 spiro atoms. The number of hydrogen-bond donors (Lipinski definition) is 1. The second kappa shape index (κ2) is 6.50. The summed E-state index contributed by atoms with van der Waals surface area (Å²) < 4.78 is 26.4. The Morgan fingerprint density at radius 3 is 2.23 bits per heavy atom. The summed E-state index contributed by atoms with van der Waals surface area (Å²) in [6.07, 6.45) is 0. The zero-order valence-electron chi connectivity index (χ0n) is 11.9. The summed E-state index contributed by atoms with van der Waals surface area (Å²) >= 11 is 0. The van der Waals surface area contributed by atoms with Gasteiger partial charge in [0.25, 0.3) is 0 Å². The maximum Gasteiger partial charge on any atom is 0.313 e. The fourth-order valence-electron chi connectivity index (χ4n) is 2.14. The minimum Gasteiger partial charge on any atom is -0.339 e. The van der Waals surface area contributed by atoms with Crippen molar-refractivity contribution in [2.75, 3.05) is 31.5 Å². The molecule has 0 unspecified atom stereocenters. The summed E-state index contributed by atoms with van der Waals surface area (Å²) in [5, 5.41) is 2.06. The van der Waals surface area contributed by atoms with E-state index < -0.39 is 23.4 Å².